The summed E-state index contributed by atoms with van der Waals surface area (Å²) in [6.07, 6.45) is 0.478. The van der Waals surface area contributed by atoms with E-state index in [4.69, 9.17) is 9.47 Å². The van der Waals surface area contributed by atoms with Gasteiger partial charge in [0.2, 0.25) is 0 Å². The van der Waals surface area contributed by atoms with Crippen LogP contribution in [-0.4, -0.2) is 23.9 Å². The predicted octanol–water partition coefficient (Wildman–Crippen LogP) is 5.25. The van der Waals surface area contributed by atoms with Gasteiger partial charge in [0.05, 0.1) is 22.3 Å². The molecule has 0 spiro atoms. The molecule has 1 aliphatic rings. The normalized spacial score (nSPS) is 11.2. The Morgan fingerprint density at radius 3 is 1.23 bits per heavy atom. The second-order valence-electron chi connectivity index (χ2n) is 8.01. The Labute approximate surface area is 200 Å². The number of hydrogen-bond acceptors (Lipinski definition) is 6. The number of ether oxygens (including phenoxy) is 2. The first-order chi connectivity index (χ1) is 17.0. The highest BCUT2D eigenvalue weighted by Crippen LogP contribution is 2.37. The third-order valence-corrected chi connectivity index (χ3v) is 5.74. The predicted molar refractivity (Wildman–Crippen MR) is 127 cm³/mol. The summed E-state index contributed by atoms with van der Waals surface area (Å²) in [7, 11) is 0. The molecule has 0 heterocycles. The molecule has 0 radical (unpaired) electrons. The van der Waals surface area contributed by atoms with Crippen LogP contribution in [0.15, 0.2) is 97.1 Å². The van der Waals surface area contributed by atoms with E-state index in [0.29, 0.717) is 17.5 Å². The van der Waals surface area contributed by atoms with E-state index in [-0.39, 0.29) is 11.1 Å². The second-order valence-corrected chi connectivity index (χ2v) is 8.01. The quantitative estimate of drug-likeness (QED) is 0.268. The maximum absolute atomic E-state index is 12.5. The first-order valence-electron chi connectivity index (χ1n) is 10.9. The molecule has 35 heavy (non-hydrogen) atoms. The van der Waals surface area contributed by atoms with Gasteiger partial charge >= 0.3 is 23.9 Å². The van der Waals surface area contributed by atoms with Gasteiger partial charge in [-0.2, -0.15) is 0 Å². The average molecular weight is 462 g/mol. The van der Waals surface area contributed by atoms with Crippen LogP contribution < -0.4 is 0 Å². The van der Waals surface area contributed by atoms with E-state index in [9.17, 15) is 19.2 Å². The van der Waals surface area contributed by atoms with Gasteiger partial charge in [0.1, 0.15) is 0 Å². The zero-order valence-corrected chi connectivity index (χ0v) is 18.4. The number of carbonyl (C=O) groups excluding carboxylic acids is 4. The van der Waals surface area contributed by atoms with Crippen LogP contribution in [0.4, 0.5) is 0 Å². The molecule has 0 saturated carbocycles. The van der Waals surface area contributed by atoms with Crippen molar-refractivity contribution in [3.63, 3.8) is 0 Å². The van der Waals surface area contributed by atoms with Crippen LogP contribution in [0.3, 0.4) is 0 Å². The van der Waals surface area contributed by atoms with Crippen molar-refractivity contribution in [2.45, 2.75) is 6.42 Å². The van der Waals surface area contributed by atoms with Gasteiger partial charge in [0, 0.05) is 0 Å². The fraction of sp³-hybridized carbons (Fsp3) is 0.0345. The van der Waals surface area contributed by atoms with Crippen LogP contribution in [0.2, 0.25) is 0 Å². The lowest BCUT2D eigenvalue weighted by Crippen LogP contribution is -2.13. The first kappa shape index (κ1) is 22.0. The molecule has 6 nitrogen and oxygen atoms in total. The molecule has 0 saturated heterocycles. The molecule has 0 bridgehead atoms. The van der Waals surface area contributed by atoms with Crippen molar-refractivity contribution in [3.05, 3.63) is 130 Å². The highest BCUT2D eigenvalue weighted by atomic mass is 16.6. The lowest BCUT2D eigenvalue weighted by atomic mass is 10.0. The van der Waals surface area contributed by atoms with Crippen LogP contribution in [0, 0.1) is 0 Å². The standard InChI is InChI=1S/C29H18O6/c30-26(18-7-3-1-4-8-18)34-28(32)20-11-13-24-22(15-20)17-23-16-21(12-14-25(23)24)29(33)35-27(31)19-9-5-2-6-10-19/h1-16H,17H2. The van der Waals surface area contributed by atoms with Crippen molar-refractivity contribution >= 4 is 23.9 Å². The van der Waals surface area contributed by atoms with Crippen LogP contribution >= 0.6 is 0 Å². The maximum Gasteiger partial charge on any atom is 0.346 e. The van der Waals surface area contributed by atoms with Crippen LogP contribution in [0.5, 0.6) is 0 Å². The van der Waals surface area contributed by atoms with E-state index in [2.05, 4.69) is 0 Å². The van der Waals surface area contributed by atoms with E-state index in [1.54, 1.807) is 97.1 Å². The average Bonchev–Trinajstić information content (AvgIpc) is 3.26. The smallest absolute Gasteiger partial charge is 0.346 e. The molecule has 0 atom stereocenters. The van der Waals surface area contributed by atoms with Gasteiger partial charge in [0.25, 0.3) is 0 Å². The second kappa shape index (κ2) is 9.19. The summed E-state index contributed by atoms with van der Waals surface area (Å²) in [6, 6.07) is 26.8. The topological polar surface area (TPSA) is 86.7 Å². The Morgan fingerprint density at radius 2 is 0.829 bits per heavy atom. The molecule has 0 aromatic heterocycles. The van der Waals surface area contributed by atoms with Gasteiger partial charge in [-0.25, -0.2) is 19.2 Å². The first-order valence-corrected chi connectivity index (χ1v) is 10.9. The lowest BCUT2D eigenvalue weighted by molar-refractivity contribution is 0.0380. The molecule has 1 aliphatic carbocycles. The van der Waals surface area contributed by atoms with E-state index >= 15 is 0 Å². The molecule has 0 N–H and O–H groups in total. The minimum absolute atomic E-state index is 0.258. The summed E-state index contributed by atoms with van der Waals surface area (Å²) < 4.78 is 10.0. The largest absolute Gasteiger partial charge is 0.386 e. The Bertz CT molecular complexity index is 1360. The minimum atomic E-state index is -0.735. The zero-order chi connectivity index (χ0) is 24.4. The van der Waals surface area contributed by atoms with Gasteiger partial charge in [0.15, 0.2) is 0 Å². The number of hydrogen-bond donors (Lipinski definition) is 0. The SMILES string of the molecule is O=C(OC(=O)c1ccc2c(c1)Cc1cc(C(=O)OC(=O)c3ccccc3)ccc1-2)c1ccccc1. The molecule has 6 heteroatoms. The number of rotatable bonds is 4. The van der Waals surface area contributed by atoms with Gasteiger partial charge in [-0.1, -0.05) is 48.5 Å². The molecular formula is C29H18O6. The van der Waals surface area contributed by atoms with Crippen LogP contribution in [-0.2, 0) is 15.9 Å². The molecule has 5 rings (SSSR count). The molecule has 0 fully saturated rings. The highest BCUT2D eigenvalue weighted by molar-refractivity contribution is 6.04. The van der Waals surface area contributed by atoms with E-state index in [1.165, 1.54) is 0 Å². The van der Waals surface area contributed by atoms with Crippen molar-refractivity contribution in [2.24, 2.45) is 0 Å². The van der Waals surface area contributed by atoms with Crippen LogP contribution in [0.1, 0.15) is 52.6 Å². The maximum atomic E-state index is 12.5. The van der Waals surface area contributed by atoms with Crippen molar-refractivity contribution in [1.29, 1.82) is 0 Å². The summed E-state index contributed by atoms with van der Waals surface area (Å²) in [4.78, 5) is 49.5. The number of benzene rings is 4. The third-order valence-electron chi connectivity index (χ3n) is 5.74. The van der Waals surface area contributed by atoms with Gasteiger partial charge in [-0.15, -0.1) is 0 Å². The Hall–Kier alpha value is -4.84. The van der Waals surface area contributed by atoms with Crippen molar-refractivity contribution in [1.82, 2.24) is 0 Å². The highest BCUT2D eigenvalue weighted by Gasteiger charge is 2.24. The number of fused-ring (bicyclic) bond motifs is 3. The van der Waals surface area contributed by atoms with E-state index < -0.39 is 23.9 Å². The van der Waals surface area contributed by atoms with E-state index in [1.807, 2.05) is 0 Å². The van der Waals surface area contributed by atoms with Crippen molar-refractivity contribution in [2.75, 3.05) is 0 Å². The minimum Gasteiger partial charge on any atom is -0.386 e. The summed E-state index contributed by atoms with van der Waals surface area (Å²) in [6.45, 7) is 0. The molecule has 4 aromatic carbocycles. The van der Waals surface area contributed by atoms with Gasteiger partial charge in [-0.05, 0) is 77.2 Å². The monoisotopic (exact) mass is 462 g/mol. The number of esters is 4. The summed E-state index contributed by atoms with van der Waals surface area (Å²) >= 11 is 0. The Kier molecular flexibility index (Phi) is 5.77. The fourth-order valence-corrected chi connectivity index (χ4v) is 4.02. The summed E-state index contributed by atoms with van der Waals surface area (Å²) in [5.74, 6) is -2.90. The zero-order valence-electron chi connectivity index (χ0n) is 18.4. The Balaban J connectivity index is 1.30. The molecule has 0 unspecified atom stereocenters. The van der Waals surface area contributed by atoms with Crippen LogP contribution in [0.25, 0.3) is 11.1 Å². The fourth-order valence-electron chi connectivity index (χ4n) is 4.02. The summed E-state index contributed by atoms with van der Waals surface area (Å²) in [5.41, 5.74) is 4.68. The lowest BCUT2D eigenvalue weighted by Gasteiger charge is -2.06. The molecule has 0 aliphatic heterocycles. The molecule has 4 aromatic rings. The molecular weight excluding hydrogens is 444 g/mol. The van der Waals surface area contributed by atoms with E-state index in [0.717, 1.165) is 22.3 Å². The Morgan fingerprint density at radius 1 is 0.457 bits per heavy atom. The summed E-state index contributed by atoms with van der Waals surface area (Å²) in [5, 5.41) is 0. The molecule has 170 valence electrons. The van der Waals surface area contributed by atoms with Gasteiger partial charge in [-0.3, -0.25) is 0 Å². The number of carbonyl (C=O) groups is 4. The van der Waals surface area contributed by atoms with Crippen molar-refractivity contribution in [3.8, 4) is 11.1 Å². The molecule has 0 amide bonds. The van der Waals surface area contributed by atoms with Gasteiger partial charge < -0.3 is 9.47 Å². The third kappa shape index (κ3) is 4.50. The van der Waals surface area contributed by atoms with Crippen molar-refractivity contribution < 1.29 is 28.7 Å².